The van der Waals surface area contributed by atoms with Crippen LogP contribution in [0.3, 0.4) is 0 Å². The zero-order chi connectivity index (χ0) is 11.5. The summed E-state index contributed by atoms with van der Waals surface area (Å²) in [7, 11) is 3.20. The van der Waals surface area contributed by atoms with Crippen LogP contribution in [-0.2, 0) is 4.79 Å². The Bertz CT molecular complexity index is 231. The first-order valence-electron chi connectivity index (χ1n) is 4.37. The van der Waals surface area contributed by atoms with Crippen molar-refractivity contribution in [2.45, 2.75) is 26.3 Å². The van der Waals surface area contributed by atoms with Crippen molar-refractivity contribution in [2.24, 2.45) is 0 Å². The molecule has 0 aliphatic carbocycles. The summed E-state index contributed by atoms with van der Waals surface area (Å²) in [5.41, 5.74) is -0.558. The van der Waals surface area contributed by atoms with Gasteiger partial charge in [0.15, 0.2) is 0 Å². The molecule has 0 saturated carbocycles. The van der Waals surface area contributed by atoms with Crippen LogP contribution in [0.2, 0.25) is 0 Å². The van der Waals surface area contributed by atoms with Gasteiger partial charge in [0.05, 0.1) is 0 Å². The van der Waals surface area contributed by atoms with Crippen LogP contribution in [-0.4, -0.2) is 53.1 Å². The molecule has 0 fully saturated rings. The number of carboxylic acid groups (broad SMARTS) is 1. The van der Waals surface area contributed by atoms with Crippen molar-refractivity contribution in [2.75, 3.05) is 20.6 Å². The Morgan fingerprint density at radius 1 is 1.21 bits per heavy atom. The molecule has 0 aliphatic rings. The molecule has 0 aromatic heterocycles. The monoisotopic (exact) mass is 202 g/mol. The molecule has 0 aromatic rings. The van der Waals surface area contributed by atoms with Crippen molar-refractivity contribution < 1.29 is 14.7 Å². The minimum atomic E-state index is -1.08. The number of carbonyl (C=O) groups excluding carboxylic acids is 1. The molecule has 0 aromatic carbocycles. The van der Waals surface area contributed by atoms with E-state index in [1.54, 1.807) is 34.9 Å². The zero-order valence-corrected chi connectivity index (χ0v) is 9.37. The second-order valence-corrected chi connectivity index (χ2v) is 4.33. The largest absolute Gasteiger partial charge is 0.465 e. The molecule has 0 saturated heterocycles. The van der Waals surface area contributed by atoms with Gasteiger partial charge in [-0.25, -0.2) is 4.79 Å². The first kappa shape index (κ1) is 12.7. The predicted octanol–water partition coefficient (Wildman–Crippen LogP) is 0.853. The molecule has 5 heteroatoms. The average Bonchev–Trinajstić information content (AvgIpc) is 1.96. The van der Waals surface area contributed by atoms with Gasteiger partial charge in [-0.1, -0.05) is 0 Å². The van der Waals surface area contributed by atoms with E-state index in [0.29, 0.717) is 0 Å². The Balaban J connectivity index is 4.56. The van der Waals surface area contributed by atoms with E-state index in [-0.39, 0.29) is 12.5 Å². The predicted molar refractivity (Wildman–Crippen MR) is 53.2 cm³/mol. The Hall–Kier alpha value is -1.26. The van der Waals surface area contributed by atoms with E-state index < -0.39 is 11.6 Å². The molecule has 14 heavy (non-hydrogen) atoms. The summed E-state index contributed by atoms with van der Waals surface area (Å²) in [6.07, 6.45) is -1.08. The minimum Gasteiger partial charge on any atom is -0.465 e. The molecular formula is C9H18N2O3. The number of amides is 2. The van der Waals surface area contributed by atoms with E-state index in [1.165, 1.54) is 4.90 Å². The fourth-order valence-corrected chi connectivity index (χ4v) is 0.868. The van der Waals surface area contributed by atoms with Gasteiger partial charge in [-0.3, -0.25) is 9.69 Å². The van der Waals surface area contributed by atoms with Gasteiger partial charge in [0, 0.05) is 19.6 Å². The lowest BCUT2D eigenvalue weighted by molar-refractivity contribution is -0.130. The maximum atomic E-state index is 11.3. The van der Waals surface area contributed by atoms with Crippen molar-refractivity contribution >= 4 is 12.0 Å². The van der Waals surface area contributed by atoms with Gasteiger partial charge in [-0.05, 0) is 20.8 Å². The van der Waals surface area contributed by atoms with E-state index in [0.717, 1.165) is 4.90 Å². The number of hydrogen-bond donors (Lipinski definition) is 1. The number of hydrogen-bond acceptors (Lipinski definition) is 2. The number of likely N-dealkylation sites (N-methyl/N-ethyl adjacent to an activating group) is 1. The molecule has 0 rings (SSSR count). The topological polar surface area (TPSA) is 60.9 Å². The van der Waals surface area contributed by atoms with Crippen LogP contribution in [0.1, 0.15) is 20.8 Å². The summed E-state index contributed by atoms with van der Waals surface area (Å²) in [6, 6.07) is 0. The molecule has 0 spiro atoms. The SMILES string of the molecule is CN(C)C(=O)CN(C(=O)O)C(C)(C)C. The number of carbonyl (C=O) groups is 2. The summed E-state index contributed by atoms with van der Waals surface area (Å²) in [5, 5.41) is 8.89. The standard InChI is InChI=1S/C9H18N2O3/c1-9(2,3)11(8(13)14)6-7(12)10(4)5/h6H2,1-5H3,(H,13,14). The molecule has 0 bridgehead atoms. The van der Waals surface area contributed by atoms with Crippen LogP contribution >= 0.6 is 0 Å². The summed E-state index contributed by atoms with van der Waals surface area (Å²) >= 11 is 0. The van der Waals surface area contributed by atoms with Crippen LogP contribution in [0, 0.1) is 0 Å². The highest BCUT2D eigenvalue weighted by Crippen LogP contribution is 2.12. The molecular weight excluding hydrogens is 184 g/mol. The number of nitrogens with zero attached hydrogens (tertiary/aromatic N) is 2. The molecule has 0 unspecified atom stereocenters. The molecule has 82 valence electrons. The van der Waals surface area contributed by atoms with Crippen molar-refractivity contribution in [1.82, 2.24) is 9.80 Å². The lowest BCUT2D eigenvalue weighted by Gasteiger charge is -2.33. The average molecular weight is 202 g/mol. The fourth-order valence-electron chi connectivity index (χ4n) is 0.868. The maximum absolute atomic E-state index is 11.3. The molecule has 2 amide bonds. The van der Waals surface area contributed by atoms with Crippen LogP contribution < -0.4 is 0 Å². The molecule has 1 N–H and O–H groups in total. The Labute approximate surface area is 84.3 Å². The quantitative estimate of drug-likeness (QED) is 0.722. The van der Waals surface area contributed by atoms with Gasteiger partial charge >= 0.3 is 6.09 Å². The van der Waals surface area contributed by atoms with E-state index in [4.69, 9.17) is 5.11 Å². The first-order chi connectivity index (χ1) is 6.16. The molecule has 0 radical (unpaired) electrons. The summed E-state index contributed by atoms with van der Waals surface area (Å²) < 4.78 is 0. The smallest absolute Gasteiger partial charge is 0.408 e. The van der Waals surface area contributed by atoms with Gasteiger partial charge in [0.2, 0.25) is 5.91 Å². The molecule has 5 nitrogen and oxygen atoms in total. The second kappa shape index (κ2) is 4.30. The van der Waals surface area contributed by atoms with Crippen molar-refractivity contribution in [3.8, 4) is 0 Å². The summed E-state index contributed by atoms with van der Waals surface area (Å²) in [5.74, 6) is -0.220. The van der Waals surface area contributed by atoms with E-state index in [9.17, 15) is 9.59 Å². The van der Waals surface area contributed by atoms with E-state index in [2.05, 4.69) is 0 Å². The zero-order valence-electron chi connectivity index (χ0n) is 9.37. The molecule has 0 heterocycles. The third-order valence-corrected chi connectivity index (χ3v) is 1.83. The lowest BCUT2D eigenvalue weighted by atomic mass is 10.1. The van der Waals surface area contributed by atoms with Crippen LogP contribution in [0.5, 0.6) is 0 Å². The maximum Gasteiger partial charge on any atom is 0.408 e. The van der Waals surface area contributed by atoms with Gasteiger partial charge < -0.3 is 10.0 Å². The van der Waals surface area contributed by atoms with Crippen molar-refractivity contribution in [3.63, 3.8) is 0 Å². The van der Waals surface area contributed by atoms with Crippen LogP contribution in [0.15, 0.2) is 0 Å². The van der Waals surface area contributed by atoms with Crippen molar-refractivity contribution in [3.05, 3.63) is 0 Å². The van der Waals surface area contributed by atoms with Crippen molar-refractivity contribution in [1.29, 1.82) is 0 Å². The third-order valence-electron chi connectivity index (χ3n) is 1.83. The normalized spacial score (nSPS) is 10.9. The minimum absolute atomic E-state index is 0.105. The van der Waals surface area contributed by atoms with Gasteiger partial charge in [-0.15, -0.1) is 0 Å². The van der Waals surface area contributed by atoms with Gasteiger partial charge in [0.25, 0.3) is 0 Å². The number of rotatable bonds is 2. The third kappa shape index (κ3) is 3.64. The fraction of sp³-hybridized carbons (Fsp3) is 0.778. The Morgan fingerprint density at radius 3 is 1.86 bits per heavy atom. The van der Waals surface area contributed by atoms with Gasteiger partial charge in [0.1, 0.15) is 6.54 Å². The van der Waals surface area contributed by atoms with E-state index >= 15 is 0 Å². The summed E-state index contributed by atoms with van der Waals surface area (Å²) in [6.45, 7) is 5.16. The van der Waals surface area contributed by atoms with Crippen LogP contribution in [0.25, 0.3) is 0 Å². The Kier molecular flexibility index (Phi) is 3.92. The Morgan fingerprint density at radius 2 is 1.64 bits per heavy atom. The molecule has 0 aliphatic heterocycles. The highest BCUT2D eigenvalue weighted by atomic mass is 16.4. The van der Waals surface area contributed by atoms with Gasteiger partial charge in [-0.2, -0.15) is 0 Å². The second-order valence-electron chi connectivity index (χ2n) is 4.33. The van der Waals surface area contributed by atoms with Crippen LogP contribution in [0.4, 0.5) is 4.79 Å². The first-order valence-corrected chi connectivity index (χ1v) is 4.37. The highest BCUT2D eigenvalue weighted by Gasteiger charge is 2.28. The van der Waals surface area contributed by atoms with E-state index in [1.807, 2.05) is 0 Å². The molecule has 0 atom stereocenters. The lowest BCUT2D eigenvalue weighted by Crippen LogP contribution is -2.49. The highest BCUT2D eigenvalue weighted by molar-refractivity contribution is 5.81. The summed E-state index contributed by atoms with van der Waals surface area (Å²) in [4.78, 5) is 24.7.